The topological polar surface area (TPSA) is 61.0 Å². The van der Waals surface area contributed by atoms with E-state index in [9.17, 15) is 0 Å². The Morgan fingerprint density at radius 1 is 1.28 bits per heavy atom. The lowest BCUT2D eigenvalue weighted by molar-refractivity contribution is 0.0972. The molecule has 4 heteroatoms. The second-order valence-electron chi connectivity index (χ2n) is 5.56. The fourth-order valence-corrected chi connectivity index (χ4v) is 2.39. The fraction of sp³-hybridized carbons (Fsp3) is 0.714. The standard InChI is InChI=1S/C14H23N3O/c1-9(2)14-16-12(15)8-13(17-14)18-11-7-5-4-6-10(11)3/h8-11H,4-7H2,1-3H3,(H2,15,16,17). The molecule has 1 aromatic heterocycles. The third-order valence-electron chi connectivity index (χ3n) is 3.56. The van der Waals surface area contributed by atoms with Crippen molar-refractivity contribution in [1.29, 1.82) is 0 Å². The van der Waals surface area contributed by atoms with Gasteiger partial charge >= 0.3 is 0 Å². The molecule has 2 atom stereocenters. The molecule has 2 unspecified atom stereocenters. The first-order valence-electron chi connectivity index (χ1n) is 6.87. The lowest BCUT2D eigenvalue weighted by Gasteiger charge is -2.29. The zero-order valence-corrected chi connectivity index (χ0v) is 11.5. The average Bonchev–Trinajstić information content (AvgIpc) is 2.31. The van der Waals surface area contributed by atoms with Crippen LogP contribution in [0.5, 0.6) is 5.88 Å². The average molecular weight is 249 g/mol. The van der Waals surface area contributed by atoms with Crippen molar-refractivity contribution in [2.24, 2.45) is 5.92 Å². The first-order chi connectivity index (χ1) is 8.56. The fourth-order valence-electron chi connectivity index (χ4n) is 2.39. The van der Waals surface area contributed by atoms with E-state index in [2.05, 4.69) is 30.7 Å². The molecule has 0 aromatic carbocycles. The predicted molar refractivity (Wildman–Crippen MR) is 72.6 cm³/mol. The molecule has 0 spiro atoms. The Hall–Kier alpha value is -1.32. The van der Waals surface area contributed by atoms with Crippen LogP contribution in [0.1, 0.15) is 58.2 Å². The first kappa shape index (κ1) is 13.1. The summed E-state index contributed by atoms with van der Waals surface area (Å²) in [6.45, 7) is 6.36. The summed E-state index contributed by atoms with van der Waals surface area (Å²) in [6.07, 6.45) is 5.18. The van der Waals surface area contributed by atoms with Gasteiger partial charge in [0.1, 0.15) is 17.7 Å². The zero-order chi connectivity index (χ0) is 13.1. The molecular weight excluding hydrogens is 226 g/mol. The van der Waals surface area contributed by atoms with Gasteiger partial charge in [0.05, 0.1) is 0 Å². The zero-order valence-electron chi connectivity index (χ0n) is 11.5. The van der Waals surface area contributed by atoms with Gasteiger partial charge in [0.15, 0.2) is 0 Å². The molecule has 0 aliphatic heterocycles. The smallest absolute Gasteiger partial charge is 0.219 e. The molecule has 1 saturated carbocycles. The molecule has 1 aliphatic carbocycles. The summed E-state index contributed by atoms with van der Waals surface area (Å²) in [7, 11) is 0. The molecule has 0 amide bonds. The van der Waals surface area contributed by atoms with Crippen molar-refractivity contribution >= 4 is 5.82 Å². The number of rotatable bonds is 3. The Morgan fingerprint density at radius 3 is 2.67 bits per heavy atom. The van der Waals surface area contributed by atoms with E-state index >= 15 is 0 Å². The number of nitrogens with zero attached hydrogens (tertiary/aromatic N) is 2. The number of hydrogen-bond donors (Lipinski definition) is 1. The molecule has 0 radical (unpaired) electrons. The van der Waals surface area contributed by atoms with Crippen LogP contribution in [0.15, 0.2) is 6.07 Å². The monoisotopic (exact) mass is 249 g/mol. The molecule has 2 N–H and O–H groups in total. The van der Waals surface area contributed by atoms with Gasteiger partial charge in [-0.05, 0) is 25.2 Å². The van der Waals surface area contributed by atoms with Crippen molar-refractivity contribution < 1.29 is 4.74 Å². The summed E-state index contributed by atoms with van der Waals surface area (Å²) in [5.41, 5.74) is 5.81. The normalized spacial score (nSPS) is 24.2. The minimum atomic E-state index is 0.264. The molecule has 4 nitrogen and oxygen atoms in total. The van der Waals surface area contributed by atoms with Crippen LogP contribution in [0.25, 0.3) is 0 Å². The minimum absolute atomic E-state index is 0.264. The van der Waals surface area contributed by atoms with E-state index in [-0.39, 0.29) is 12.0 Å². The van der Waals surface area contributed by atoms with Gasteiger partial charge in [0.25, 0.3) is 0 Å². The van der Waals surface area contributed by atoms with Crippen LogP contribution >= 0.6 is 0 Å². The SMILES string of the molecule is CC(C)c1nc(N)cc(OC2CCCCC2C)n1. The van der Waals surface area contributed by atoms with Gasteiger partial charge in [-0.2, -0.15) is 4.98 Å². The van der Waals surface area contributed by atoms with Gasteiger partial charge in [-0.3, -0.25) is 0 Å². The quantitative estimate of drug-likeness (QED) is 0.894. The van der Waals surface area contributed by atoms with Crippen molar-refractivity contribution in [3.05, 3.63) is 11.9 Å². The number of ether oxygens (including phenoxy) is 1. The van der Waals surface area contributed by atoms with Gasteiger partial charge in [0.2, 0.25) is 5.88 Å². The largest absolute Gasteiger partial charge is 0.474 e. The van der Waals surface area contributed by atoms with Gasteiger partial charge in [-0.25, -0.2) is 4.98 Å². The third kappa shape index (κ3) is 3.12. The van der Waals surface area contributed by atoms with E-state index in [0.29, 0.717) is 17.6 Å². The van der Waals surface area contributed by atoms with Crippen LogP contribution in [-0.2, 0) is 0 Å². The van der Waals surface area contributed by atoms with Crippen LogP contribution in [0.3, 0.4) is 0 Å². The number of hydrogen-bond acceptors (Lipinski definition) is 4. The Balaban J connectivity index is 2.12. The molecule has 0 saturated heterocycles. The van der Waals surface area contributed by atoms with Gasteiger partial charge in [0, 0.05) is 12.0 Å². The Bertz CT molecular complexity index is 406. The molecule has 1 aliphatic rings. The number of nitrogen functional groups attached to an aromatic ring is 1. The summed E-state index contributed by atoms with van der Waals surface area (Å²) in [6, 6.07) is 1.73. The molecule has 1 aromatic rings. The van der Waals surface area contributed by atoms with Crippen molar-refractivity contribution in [1.82, 2.24) is 9.97 Å². The molecule has 18 heavy (non-hydrogen) atoms. The molecule has 1 heterocycles. The summed E-state index contributed by atoms with van der Waals surface area (Å²) in [5, 5.41) is 0. The summed E-state index contributed by atoms with van der Waals surface area (Å²) in [4.78, 5) is 8.68. The Morgan fingerprint density at radius 2 is 2.00 bits per heavy atom. The second kappa shape index (κ2) is 5.55. The highest BCUT2D eigenvalue weighted by Crippen LogP contribution is 2.28. The van der Waals surface area contributed by atoms with Crippen molar-refractivity contribution in [2.75, 3.05) is 5.73 Å². The maximum Gasteiger partial charge on any atom is 0.219 e. The Kier molecular flexibility index (Phi) is 4.04. The van der Waals surface area contributed by atoms with E-state index in [1.54, 1.807) is 6.07 Å². The van der Waals surface area contributed by atoms with E-state index in [4.69, 9.17) is 10.5 Å². The molecular formula is C14H23N3O. The first-order valence-corrected chi connectivity index (χ1v) is 6.87. The van der Waals surface area contributed by atoms with E-state index in [0.717, 1.165) is 12.2 Å². The number of aromatic nitrogens is 2. The van der Waals surface area contributed by atoms with Crippen molar-refractivity contribution in [2.45, 2.75) is 58.5 Å². The van der Waals surface area contributed by atoms with Gasteiger partial charge < -0.3 is 10.5 Å². The lowest BCUT2D eigenvalue weighted by Crippen LogP contribution is -2.28. The van der Waals surface area contributed by atoms with Crippen LogP contribution in [0.2, 0.25) is 0 Å². The summed E-state index contributed by atoms with van der Waals surface area (Å²) < 4.78 is 6.01. The Labute approximate surface area is 109 Å². The highest BCUT2D eigenvalue weighted by molar-refractivity contribution is 5.33. The van der Waals surface area contributed by atoms with Crippen LogP contribution in [0, 0.1) is 5.92 Å². The van der Waals surface area contributed by atoms with E-state index in [1.807, 2.05) is 0 Å². The third-order valence-corrected chi connectivity index (χ3v) is 3.56. The maximum atomic E-state index is 6.01. The van der Waals surface area contributed by atoms with Crippen LogP contribution in [0.4, 0.5) is 5.82 Å². The van der Waals surface area contributed by atoms with Gasteiger partial charge in [-0.1, -0.05) is 27.2 Å². The van der Waals surface area contributed by atoms with E-state index < -0.39 is 0 Å². The predicted octanol–water partition coefficient (Wildman–Crippen LogP) is 3.14. The minimum Gasteiger partial charge on any atom is -0.474 e. The highest BCUT2D eigenvalue weighted by Gasteiger charge is 2.23. The van der Waals surface area contributed by atoms with Crippen molar-refractivity contribution in [3.8, 4) is 5.88 Å². The van der Waals surface area contributed by atoms with Crippen LogP contribution < -0.4 is 10.5 Å². The van der Waals surface area contributed by atoms with Crippen molar-refractivity contribution in [3.63, 3.8) is 0 Å². The summed E-state index contributed by atoms with van der Waals surface area (Å²) >= 11 is 0. The summed E-state index contributed by atoms with van der Waals surface area (Å²) in [5.74, 6) is 2.74. The second-order valence-corrected chi connectivity index (χ2v) is 5.56. The highest BCUT2D eigenvalue weighted by atomic mass is 16.5. The van der Waals surface area contributed by atoms with E-state index in [1.165, 1.54) is 19.3 Å². The number of nitrogens with two attached hydrogens (primary N) is 1. The lowest BCUT2D eigenvalue weighted by atomic mass is 9.88. The van der Waals surface area contributed by atoms with Crippen LogP contribution in [-0.4, -0.2) is 16.1 Å². The number of anilines is 1. The molecule has 1 fully saturated rings. The molecule has 0 bridgehead atoms. The maximum absolute atomic E-state index is 6.01. The molecule has 2 rings (SSSR count). The van der Waals surface area contributed by atoms with Gasteiger partial charge in [-0.15, -0.1) is 0 Å². The molecule has 100 valence electrons.